The molecule has 0 aliphatic carbocycles. The SMILES string of the molecule is CCCCCCCCCCCCCCCCC(=O)O[C@H](COC(=O)CCCCCCCCCCCC(C)C)COP(=O)(O)OC[C@H](O)COP(=O)(O)OC[C@@H](COC(=O)CCCCCCCCCCCCC(C)CC)OC(=O)CCCCCCCCCCCCCCCCCCCCC(C)C. The fraction of sp³-hybridized carbons (Fsp3) is 0.951. The first kappa shape index (κ1) is 99.1. The van der Waals surface area contributed by atoms with Crippen LogP contribution in [-0.4, -0.2) is 96.7 Å². The number of ether oxygens (including phenoxy) is 4. The van der Waals surface area contributed by atoms with E-state index in [2.05, 4.69) is 48.5 Å². The Morgan fingerprint density at radius 2 is 0.505 bits per heavy atom. The number of esters is 4. The average molecular weight is 1480 g/mol. The summed E-state index contributed by atoms with van der Waals surface area (Å²) >= 11 is 0. The third-order valence-electron chi connectivity index (χ3n) is 19.5. The number of unbranched alkanes of at least 4 members (excludes halogenated alkanes) is 47. The Morgan fingerprint density at radius 1 is 0.287 bits per heavy atom. The molecule has 19 heteroatoms. The van der Waals surface area contributed by atoms with Crippen LogP contribution in [0.5, 0.6) is 0 Å². The van der Waals surface area contributed by atoms with Crippen LogP contribution in [0.1, 0.15) is 427 Å². The molecule has 0 rings (SSSR count). The minimum atomic E-state index is -4.96. The van der Waals surface area contributed by atoms with E-state index in [-0.39, 0.29) is 25.7 Å². The predicted octanol–water partition coefficient (Wildman–Crippen LogP) is 24.5. The van der Waals surface area contributed by atoms with E-state index in [4.69, 9.17) is 37.0 Å². The van der Waals surface area contributed by atoms with Crippen molar-refractivity contribution in [3.8, 4) is 0 Å². The van der Waals surface area contributed by atoms with E-state index in [1.54, 1.807) is 0 Å². The van der Waals surface area contributed by atoms with Crippen molar-refractivity contribution in [3.05, 3.63) is 0 Å². The van der Waals surface area contributed by atoms with Gasteiger partial charge >= 0.3 is 39.5 Å². The minimum absolute atomic E-state index is 0.107. The first-order valence-electron chi connectivity index (χ1n) is 42.4. The molecule has 0 aromatic rings. The summed E-state index contributed by atoms with van der Waals surface area (Å²) in [7, 11) is -9.92. The molecule has 0 fully saturated rings. The molecule has 0 saturated heterocycles. The monoisotopic (exact) mass is 1480 g/mol. The molecule has 0 amide bonds. The van der Waals surface area contributed by atoms with Crippen LogP contribution in [0.3, 0.4) is 0 Å². The molecule has 0 aliphatic rings. The highest BCUT2D eigenvalue weighted by Gasteiger charge is 2.30. The number of phosphoric acid groups is 2. The molecule has 0 spiro atoms. The second-order valence-electron chi connectivity index (χ2n) is 30.7. The molecule has 6 atom stereocenters. The molecule has 0 bridgehead atoms. The van der Waals surface area contributed by atoms with Crippen LogP contribution in [0.4, 0.5) is 0 Å². The molecule has 3 N–H and O–H groups in total. The summed E-state index contributed by atoms with van der Waals surface area (Å²) in [6.07, 6.45) is 60.9. The van der Waals surface area contributed by atoms with E-state index in [0.717, 1.165) is 108 Å². The van der Waals surface area contributed by atoms with Gasteiger partial charge < -0.3 is 33.8 Å². The second-order valence-corrected chi connectivity index (χ2v) is 33.6. The molecular weight excluding hydrogens is 1320 g/mol. The summed E-state index contributed by atoms with van der Waals surface area (Å²) in [6, 6.07) is 0. The third kappa shape index (κ3) is 74.7. The quantitative estimate of drug-likeness (QED) is 0.0222. The first-order valence-corrected chi connectivity index (χ1v) is 45.4. The molecule has 0 aromatic heterocycles. The van der Waals surface area contributed by atoms with Crippen molar-refractivity contribution in [2.24, 2.45) is 17.8 Å². The number of carbonyl (C=O) groups excluding carboxylic acids is 4. The van der Waals surface area contributed by atoms with Gasteiger partial charge in [0.15, 0.2) is 12.2 Å². The summed E-state index contributed by atoms with van der Waals surface area (Å²) in [5.74, 6) is 0.265. The molecular formula is C82H160O17P2. The van der Waals surface area contributed by atoms with Crippen molar-refractivity contribution in [3.63, 3.8) is 0 Å². The average Bonchev–Trinajstić information content (AvgIpc) is 0.943. The molecule has 600 valence electrons. The topological polar surface area (TPSA) is 237 Å². The van der Waals surface area contributed by atoms with Gasteiger partial charge in [0.2, 0.25) is 0 Å². The van der Waals surface area contributed by atoms with E-state index in [0.29, 0.717) is 25.7 Å². The minimum Gasteiger partial charge on any atom is -0.462 e. The van der Waals surface area contributed by atoms with E-state index >= 15 is 0 Å². The highest BCUT2D eigenvalue weighted by molar-refractivity contribution is 7.47. The summed E-state index contributed by atoms with van der Waals surface area (Å²) in [5.41, 5.74) is 0. The zero-order chi connectivity index (χ0) is 74.4. The standard InChI is InChI=1S/C82H160O17P2/c1-8-10-11-12-13-14-15-16-24-27-36-44-51-58-65-81(86)99-78(70-93-80(85)64-57-50-43-38-31-33-40-47-54-61-74(5)6)72-97-101(90,91)95-68-76(83)67-94-100(88,89)96-71-77(69-92-79(84)63-56-49-42-35-30-29-34-41-48-55-62-75(7)9-2)98-82(87)66-59-52-45-37-28-25-22-20-18-17-19-21-23-26-32-39-46-53-60-73(3)4/h73-78,83H,8-72H2,1-7H3,(H,88,89)(H,90,91)/t75?,76-,77-,78-/m1/s1. The van der Waals surface area contributed by atoms with Crippen molar-refractivity contribution >= 4 is 39.5 Å². The van der Waals surface area contributed by atoms with Crippen LogP contribution in [-0.2, 0) is 65.4 Å². The van der Waals surface area contributed by atoms with Crippen molar-refractivity contribution in [2.45, 2.75) is 446 Å². The summed E-state index contributed by atoms with van der Waals surface area (Å²) in [6.45, 7) is 12.0. The number of aliphatic hydroxyl groups is 1. The van der Waals surface area contributed by atoms with E-state index in [9.17, 15) is 43.2 Å². The Bertz CT molecular complexity index is 1960. The highest BCUT2D eigenvalue weighted by Crippen LogP contribution is 2.45. The third-order valence-corrected chi connectivity index (χ3v) is 21.4. The lowest BCUT2D eigenvalue weighted by atomic mass is 9.99. The Hall–Kier alpha value is -1.94. The lowest BCUT2D eigenvalue weighted by molar-refractivity contribution is -0.161. The van der Waals surface area contributed by atoms with E-state index in [1.807, 2.05) is 0 Å². The van der Waals surface area contributed by atoms with Gasteiger partial charge in [-0.2, -0.15) is 0 Å². The molecule has 0 heterocycles. The molecule has 3 unspecified atom stereocenters. The number of carbonyl (C=O) groups is 4. The molecule has 0 saturated carbocycles. The summed E-state index contributed by atoms with van der Waals surface area (Å²) in [4.78, 5) is 73.1. The normalized spacial score (nSPS) is 14.2. The zero-order valence-corrected chi connectivity index (χ0v) is 68.2. The number of phosphoric ester groups is 2. The lowest BCUT2D eigenvalue weighted by Gasteiger charge is -2.21. The Labute approximate surface area is 619 Å². The number of hydrogen-bond acceptors (Lipinski definition) is 15. The number of hydrogen-bond donors (Lipinski definition) is 3. The summed E-state index contributed by atoms with van der Waals surface area (Å²) < 4.78 is 68.8. The predicted molar refractivity (Wildman–Crippen MR) is 414 cm³/mol. The maximum atomic E-state index is 13.1. The fourth-order valence-corrected chi connectivity index (χ4v) is 14.2. The van der Waals surface area contributed by atoms with Crippen molar-refractivity contribution in [2.75, 3.05) is 39.6 Å². The molecule has 0 radical (unpaired) electrons. The second kappa shape index (κ2) is 72.3. The van der Waals surface area contributed by atoms with Crippen LogP contribution in [0.25, 0.3) is 0 Å². The van der Waals surface area contributed by atoms with Gasteiger partial charge in [0.1, 0.15) is 19.3 Å². The zero-order valence-electron chi connectivity index (χ0n) is 66.4. The number of aliphatic hydroxyl groups excluding tert-OH is 1. The number of rotatable bonds is 80. The lowest BCUT2D eigenvalue weighted by Crippen LogP contribution is -2.30. The van der Waals surface area contributed by atoms with Crippen molar-refractivity contribution in [1.29, 1.82) is 0 Å². The van der Waals surface area contributed by atoms with Gasteiger partial charge in [-0.3, -0.25) is 37.3 Å². The maximum absolute atomic E-state index is 13.1. The fourth-order valence-electron chi connectivity index (χ4n) is 12.6. The largest absolute Gasteiger partial charge is 0.472 e. The summed E-state index contributed by atoms with van der Waals surface area (Å²) in [5, 5.41) is 10.7. The molecule has 101 heavy (non-hydrogen) atoms. The Kier molecular flexibility index (Phi) is 70.9. The van der Waals surface area contributed by atoms with Crippen LogP contribution in [0, 0.1) is 17.8 Å². The highest BCUT2D eigenvalue weighted by atomic mass is 31.2. The van der Waals surface area contributed by atoms with Crippen LogP contribution >= 0.6 is 15.6 Å². The van der Waals surface area contributed by atoms with E-state index in [1.165, 1.54) is 238 Å². The molecule has 0 aromatic carbocycles. The van der Waals surface area contributed by atoms with E-state index < -0.39 is 97.5 Å². The van der Waals surface area contributed by atoms with Crippen LogP contribution < -0.4 is 0 Å². The van der Waals surface area contributed by atoms with Crippen molar-refractivity contribution < 1.29 is 80.2 Å². The van der Waals surface area contributed by atoms with Gasteiger partial charge in [0, 0.05) is 25.7 Å². The Balaban J connectivity index is 5.24. The van der Waals surface area contributed by atoms with Gasteiger partial charge in [0.05, 0.1) is 26.4 Å². The maximum Gasteiger partial charge on any atom is 0.472 e. The van der Waals surface area contributed by atoms with Gasteiger partial charge in [-0.25, -0.2) is 9.13 Å². The molecule has 17 nitrogen and oxygen atoms in total. The van der Waals surface area contributed by atoms with Crippen LogP contribution in [0.2, 0.25) is 0 Å². The Morgan fingerprint density at radius 3 is 0.752 bits per heavy atom. The van der Waals surface area contributed by atoms with Gasteiger partial charge in [-0.1, -0.05) is 376 Å². The first-order chi connectivity index (χ1) is 48.8. The van der Waals surface area contributed by atoms with Crippen LogP contribution in [0.15, 0.2) is 0 Å². The van der Waals surface area contributed by atoms with Gasteiger partial charge in [0.25, 0.3) is 0 Å². The van der Waals surface area contributed by atoms with Gasteiger partial charge in [-0.05, 0) is 43.4 Å². The van der Waals surface area contributed by atoms with Gasteiger partial charge in [-0.15, -0.1) is 0 Å². The smallest absolute Gasteiger partial charge is 0.462 e. The molecule has 0 aliphatic heterocycles. The van der Waals surface area contributed by atoms with Crippen molar-refractivity contribution in [1.82, 2.24) is 0 Å².